The zero-order chi connectivity index (χ0) is 24.0. The lowest BCUT2D eigenvalue weighted by Gasteiger charge is -2.13. The average Bonchev–Trinajstić information content (AvgIpc) is 3.77. The van der Waals surface area contributed by atoms with Crippen LogP contribution in [0.3, 0.4) is 0 Å². The summed E-state index contributed by atoms with van der Waals surface area (Å²) in [4.78, 5) is 14.5. The summed E-state index contributed by atoms with van der Waals surface area (Å²) in [5, 5.41) is 16.1. The molecule has 34 heavy (non-hydrogen) atoms. The van der Waals surface area contributed by atoms with E-state index in [1.165, 1.54) is 70.6 Å². The molecule has 0 aliphatic heterocycles. The fraction of sp³-hybridized carbons (Fsp3) is 0.704. The van der Waals surface area contributed by atoms with Crippen LogP contribution in [0, 0.1) is 0 Å². The van der Waals surface area contributed by atoms with Gasteiger partial charge in [-0.15, -0.1) is 10.2 Å². The Morgan fingerprint density at radius 2 is 1.56 bits per heavy atom. The number of tetrazole rings is 1. The molecule has 2 fully saturated rings. The molecule has 1 atom stereocenters. The number of nitrogens with zero attached hydrogens (tertiary/aromatic N) is 4. The van der Waals surface area contributed by atoms with E-state index >= 15 is 0 Å². The van der Waals surface area contributed by atoms with Gasteiger partial charge in [0.2, 0.25) is 5.91 Å². The van der Waals surface area contributed by atoms with Crippen LogP contribution in [0.4, 0.5) is 0 Å². The number of unbranched alkanes of at least 4 members (excludes halogenated alkanes) is 9. The molecule has 0 bridgehead atoms. The SMILES string of the molecule is CCCCCCCCCCCCn1nnc(C(C(=O)NC2CC2)c2ccccc2)n1.NC1CC1. The van der Waals surface area contributed by atoms with Gasteiger partial charge in [-0.1, -0.05) is 95.0 Å². The van der Waals surface area contributed by atoms with Gasteiger partial charge in [-0.05, 0) is 42.9 Å². The van der Waals surface area contributed by atoms with Crippen molar-refractivity contribution in [3.63, 3.8) is 0 Å². The normalized spacial score (nSPS) is 15.9. The largest absolute Gasteiger partial charge is 0.352 e. The van der Waals surface area contributed by atoms with Crippen LogP contribution in [0.25, 0.3) is 0 Å². The summed E-state index contributed by atoms with van der Waals surface area (Å²) in [5.74, 6) is -0.0260. The van der Waals surface area contributed by atoms with E-state index in [0.29, 0.717) is 17.9 Å². The minimum atomic E-state index is -0.492. The van der Waals surface area contributed by atoms with Crippen LogP contribution in [0.5, 0.6) is 0 Å². The number of nitrogens with two attached hydrogens (primary N) is 1. The molecule has 0 radical (unpaired) electrons. The topological polar surface area (TPSA) is 98.7 Å². The molecule has 1 aromatic carbocycles. The average molecular weight is 469 g/mol. The number of aromatic nitrogens is 4. The monoisotopic (exact) mass is 468 g/mol. The molecule has 0 spiro atoms. The summed E-state index contributed by atoms with van der Waals surface area (Å²) < 4.78 is 0. The van der Waals surface area contributed by atoms with Crippen LogP contribution in [0.1, 0.15) is 114 Å². The Hall–Kier alpha value is -2.28. The third-order valence-corrected chi connectivity index (χ3v) is 6.38. The lowest BCUT2D eigenvalue weighted by molar-refractivity contribution is -0.122. The maximum absolute atomic E-state index is 12.8. The van der Waals surface area contributed by atoms with Crippen LogP contribution >= 0.6 is 0 Å². The number of carbonyl (C=O) groups is 1. The third kappa shape index (κ3) is 10.3. The van der Waals surface area contributed by atoms with E-state index in [4.69, 9.17) is 5.73 Å². The van der Waals surface area contributed by atoms with Crippen LogP contribution in [0.15, 0.2) is 30.3 Å². The smallest absolute Gasteiger partial charge is 0.235 e. The van der Waals surface area contributed by atoms with Gasteiger partial charge in [0.25, 0.3) is 0 Å². The van der Waals surface area contributed by atoms with E-state index in [9.17, 15) is 4.79 Å². The molecule has 188 valence electrons. The zero-order valence-corrected chi connectivity index (χ0v) is 21.0. The Balaban J connectivity index is 0.000000732. The van der Waals surface area contributed by atoms with Gasteiger partial charge in [0.1, 0.15) is 5.92 Å². The summed E-state index contributed by atoms with van der Waals surface area (Å²) >= 11 is 0. The first kappa shape index (κ1) is 26.3. The Kier molecular flexibility index (Phi) is 11.5. The van der Waals surface area contributed by atoms with Gasteiger partial charge in [0, 0.05) is 12.1 Å². The number of hydrogen-bond donors (Lipinski definition) is 2. The number of amides is 1. The molecule has 4 rings (SSSR count). The van der Waals surface area contributed by atoms with Crippen LogP contribution < -0.4 is 11.1 Å². The number of rotatable bonds is 15. The maximum atomic E-state index is 12.8. The lowest BCUT2D eigenvalue weighted by Crippen LogP contribution is -2.32. The van der Waals surface area contributed by atoms with E-state index in [0.717, 1.165) is 31.4 Å². The first-order chi connectivity index (χ1) is 16.7. The predicted octanol–water partition coefficient (Wildman–Crippen LogP) is 5.11. The highest BCUT2D eigenvalue weighted by atomic mass is 16.2. The zero-order valence-electron chi connectivity index (χ0n) is 21.0. The Bertz CT molecular complexity index is 816. The van der Waals surface area contributed by atoms with Gasteiger partial charge in [-0.2, -0.15) is 4.80 Å². The van der Waals surface area contributed by atoms with E-state index in [1.807, 2.05) is 30.3 Å². The van der Waals surface area contributed by atoms with Gasteiger partial charge in [-0.25, -0.2) is 0 Å². The van der Waals surface area contributed by atoms with Crippen molar-refractivity contribution in [2.45, 2.75) is 121 Å². The molecule has 2 saturated carbocycles. The Morgan fingerprint density at radius 3 is 2.12 bits per heavy atom. The Morgan fingerprint density at radius 1 is 0.971 bits per heavy atom. The highest BCUT2D eigenvalue weighted by Gasteiger charge is 2.32. The van der Waals surface area contributed by atoms with Crippen LogP contribution in [0.2, 0.25) is 0 Å². The second-order valence-corrected chi connectivity index (χ2v) is 9.89. The second kappa shape index (κ2) is 14.9. The van der Waals surface area contributed by atoms with E-state index in [1.54, 1.807) is 4.80 Å². The molecule has 1 amide bonds. The van der Waals surface area contributed by atoms with Gasteiger partial charge in [0.05, 0.1) is 6.54 Å². The van der Waals surface area contributed by atoms with E-state index in [-0.39, 0.29) is 5.91 Å². The minimum absolute atomic E-state index is 0.0258. The van der Waals surface area contributed by atoms with Crippen molar-refractivity contribution in [3.8, 4) is 0 Å². The van der Waals surface area contributed by atoms with Crippen LogP contribution in [-0.2, 0) is 11.3 Å². The highest BCUT2D eigenvalue weighted by molar-refractivity contribution is 5.86. The maximum Gasteiger partial charge on any atom is 0.235 e. The number of hydrogen-bond acceptors (Lipinski definition) is 5. The Labute approximate surface area is 205 Å². The summed E-state index contributed by atoms with van der Waals surface area (Å²) in [6.45, 7) is 3.02. The van der Waals surface area contributed by atoms with E-state index in [2.05, 4.69) is 27.7 Å². The molecule has 1 heterocycles. The molecule has 3 N–H and O–H groups in total. The first-order valence-electron chi connectivity index (χ1n) is 13.6. The summed E-state index contributed by atoms with van der Waals surface area (Å²) in [6.07, 6.45) is 17.7. The van der Waals surface area contributed by atoms with Crippen molar-refractivity contribution in [2.75, 3.05) is 0 Å². The lowest BCUT2D eigenvalue weighted by atomic mass is 9.97. The fourth-order valence-corrected chi connectivity index (χ4v) is 3.88. The molecule has 1 unspecified atom stereocenters. The van der Waals surface area contributed by atoms with Gasteiger partial charge in [0.15, 0.2) is 5.82 Å². The number of aryl methyl sites for hydroxylation is 1. The van der Waals surface area contributed by atoms with Gasteiger partial charge < -0.3 is 11.1 Å². The molecule has 2 aromatic rings. The molecule has 2 aliphatic rings. The quantitative estimate of drug-likeness (QED) is 0.354. The van der Waals surface area contributed by atoms with Crippen molar-refractivity contribution < 1.29 is 4.79 Å². The first-order valence-corrected chi connectivity index (χ1v) is 13.6. The number of nitrogens with one attached hydrogen (secondary N) is 1. The fourth-order valence-electron chi connectivity index (χ4n) is 3.88. The molecular formula is C27H44N6O. The van der Waals surface area contributed by atoms with Gasteiger partial charge in [-0.3, -0.25) is 4.79 Å². The minimum Gasteiger partial charge on any atom is -0.352 e. The van der Waals surface area contributed by atoms with Crippen molar-refractivity contribution in [2.24, 2.45) is 5.73 Å². The molecule has 1 aromatic heterocycles. The van der Waals surface area contributed by atoms with Crippen molar-refractivity contribution in [1.29, 1.82) is 0 Å². The summed E-state index contributed by atoms with van der Waals surface area (Å²) in [6, 6.07) is 10.7. The van der Waals surface area contributed by atoms with Crippen LogP contribution in [-0.4, -0.2) is 38.2 Å². The predicted molar refractivity (Wildman–Crippen MR) is 136 cm³/mol. The molecule has 7 nitrogen and oxygen atoms in total. The number of benzene rings is 1. The van der Waals surface area contributed by atoms with Crippen molar-refractivity contribution in [3.05, 3.63) is 41.7 Å². The third-order valence-electron chi connectivity index (χ3n) is 6.38. The van der Waals surface area contributed by atoms with Crippen molar-refractivity contribution >= 4 is 5.91 Å². The molecule has 7 heteroatoms. The molecule has 2 aliphatic carbocycles. The second-order valence-electron chi connectivity index (χ2n) is 9.89. The standard InChI is InChI=1S/C24H37N5O.C3H7N/c1-2-3-4-5-6-7-8-9-10-14-19-29-27-23(26-28-29)22(20-15-12-11-13-16-20)24(30)25-21-17-18-21;4-3-1-2-3/h11-13,15-16,21-22H,2-10,14,17-19H2,1H3,(H,25,30);3H,1-2,4H2. The van der Waals surface area contributed by atoms with E-state index < -0.39 is 5.92 Å². The summed E-state index contributed by atoms with van der Waals surface area (Å²) in [5.41, 5.74) is 6.13. The molecule has 0 saturated heterocycles. The molecular weight excluding hydrogens is 424 g/mol. The van der Waals surface area contributed by atoms with Crippen molar-refractivity contribution in [1.82, 2.24) is 25.5 Å². The highest BCUT2D eigenvalue weighted by Crippen LogP contribution is 2.25. The summed E-state index contributed by atoms with van der Waals surface area (Å²) in [7, 11) is 0. The number of carbonyl (C=O) groups excluding carboxylic acids is 1. The van der Waals surface area contributed by atoms with Gasteiger partial charge >= 0.3 is 0 Å².